The van der Waals surface area contributed by atoms with E-state index < -0.39 is 0 Å². The van der Waals surface area contributed by atoms with Gasteiger partial charge in [0.05, 0.1) is 0 Å². The van der Waals surface area contributed by atoms with Gasteiger partial charge in [-0.2, -0.15) is 12.1 Å². The average Bonchev–Trinajstić information content (AvgIpc) is 3.36. The monoisotopic (exact) mass is 482 g/mol. The second-order valence-electron chi connectivity index (χ2n) is 8.24. The van der Waals surface area contributed by atoms with E-state index in [1.54, 1.807) is 19.2 Å². The van der Waals surface area contributed by atoms with E-state index in [2.05, 4.69) is 126 Å². The molecule has 2 radical (unpaired) electrons. The SMILES string of the molecule is Cc1cc2c(-c3ccccc3)cccc2[cH-]1.Cc1cc2c(C(C)C)cccc2[cH-]1.[CH3-].[CH3-].[Si]=[Ti]. The normalized spacial score (nSPS) is 9.82. The summed E-state index contributed by atoms with van der Waals surface area (Å²) in [6.45, 7) is 8.80. The second kappa shape index (κ2) is 13.5. The van der Waals surface area contributed by atoms with Crippen molar-refractivity contribution in [2.75, 3.05) is 0 Å². The van der Waals surface area contributed by atoms with Crippen molar-refractivity contribution >= 4 is 29.2 Å². The molecule has 5 rings (SSSR count). The molecule has 5 aromatic rings. The zero-order chi connectivity index (χ0) is 22.4. The van der Waals surface area contributed by atoms with Gasteiger partial charge in [0.25, 0.3) is 0 Å². The Kier molecular flexibility index (Phi) is 11.8. The van der Waals surface area contributed by atoms with Crippen molar-refractivity contribution in [2.45, 2.75) is 33.6 Å². The van der Waals surface area contributed by atoms with Crippen molar-refractivity contribution in [1.82, 2.24) is 0 Å². The predicted molar refractivity (Wildman–Crippen MR) is 147 cm³/mol. The summed E-state index contributed by atoms with van der Waals surface area (Å²) in [5, 5.41) is 5.49. The number of rotatable bonds is 2. The standard InChI is InChI=1S/C16H13.C13H15.2CH3.Si.Ti/c1-12-10-14-8-5-9-15(16(14)11-12)13-6-3-2-4-7-13;1-9(2)12-6-4-5-11-7-10(3)8-13(11)12;;;;/h2-11H,1H3;4-9H,1-3H3;2*1H3;;/q4*-1;;. The van der Waals surface area contributed by atoms with Crippen LogP contribution in [0.25, 0.3) is 32.7 Å². The average molecular weight is 483 g/mol. The molecule has 0 atom stereocenters. The minimum atomic E-state index is 0. The van der Waals surface area contributed by atoms with Crippen LogP contribution in [-0.4, -0.2) is 7.63 Å². The summed E-state index contributed by atoms with van der Waals surface area (Å²) in [6.07, 6.45) is 0. The summed E-state index contributed by atoms with van der Waals surface area (Å²) in [5.41, 5.74) is 6.77. The Bertz CT molecular complexity index is 1260. The maximum absolute atomic E-state index is 2.97. The summed E-state index contributed by atoms with van der Waals surface area (Å²) < 4.78 is 0. The second-order valence-corrected chi connectivity index (χ2v) is 8.24. The minimum absolute atomic E-state index is 0. The third-order valence-electron chi connectivity index (χ3n) is 5.53. The van der Waals surface area contributed by atoms with E-state index in [9.17, 15) is 0 Å². The van der Waals surface area contributed by atoms with Gasteiger partial charge in [0.1, 0.15) is 0 Å². The first-order valence-corrected chi connectivity index (χ1v) is 13.5. The fourth-order valence-corrected chi connectivity index (χ4v) is 4.17. The van der Waals surface area contributed by atoms with Crippen LogP contribution in [0.5, 0.6) is 0 Å². The van der Waals surface area contributed by atoms with Gasteiger partial charge in [-0.15, -0.1) is 69.1 Å². The van der Waals surface area contributed by atoms with Gasteiger partial charge in [-0.3, -0.25) is 0 Å². The molecule has 0 fully saturated rings. The van der Waals surface area contributed by atoms with Gasteiger partial charge in [-0.05, 0) is 11.5 Å². The van der Waals surface area contributed by atoms with Gasteiger partial charge in [-0.25, -0.2) is 0 Å². The summed E-state index contributed by atoms with van der Waals surface area (Å²) in [5.74, 6) is 0.616. The van der Waals surface area contributed by atoms with Crippen LogP contribution in [0.3, 0.4) is 0 Å². The molecule has 0 nitrogen and oxygen atoms in total. The number of fused-ring (bicyclic) bond motifs is 2. The Morgan fingerprint density at radius 1 is 0.667 bits per heavy atom. The molecule has 0 bridgehead atoms. The molecule has 2 heteroatoms. The molecule has 0 spiro atoms. The summed E-state index contributed by atoms with van der Waals surface area (Å²) in [7, 11) is 2.97. The first-order chi connectivity index (χ1) is 15.0. The van der Waals surface area contributed by atoms with Crippen LogP contribution in [0.2, 0.25) is 0 Å². The molecule has 0 aliphatic rings. The van der Waals surface area contributed by atoms with Crippen LogP contribution in [-0.2, 0) is 19.2 Å². The van der Waals surface area contributed by atoms with Crippen molar-refractivity contribution in [2.24, 2.45) is 0 Å². The topological polar surface area (TPSA) is 0 Å². The number of benzene rings is 3. The van der Waals surface area contributed by atoms with Crippen LogP contribution in [0.15, 0.2) is 91.0 Å². The van der Waals surface area contributed by atoms with Crippen molar-refractivity contribution in [3.05, 3.63) is 123 Å². The molecule has 33 heavy (non-hydrogen) atoms. The van der Waals surface area contributed by atoms with E-state index in [1.807, 2.05) is 0 Å². The van der Waals surface area contributed by atoms with Gasteiger partial charge in [0, 0.05) is 0 Å². The molecule has 0 aliphatic carbocycles. The van der Waals surface area contributed by atoms with Crippen molar-refractivity contribution < 1.29 is 19.2 Å². The van der Waals surface area contributed by atoms with Gasteiger partial charge in [0.15, 0.2) is 0 Å². The zero-order valence-corrected chi connectivity index (χ0v) is 23.3. The third kappa shape index (κ3) is 6.90. The van der Waals surface area contributed by atoms with Crippen molar-refractivity contribution in [3.8, 4) is 11.1 Å². The number of hydrogen-bond acceptors (Lipinski definition) is 0. The molecule has 0 heterocycles. The van der Waals surface area contributed by atoms with Gasteiger partial charge >= 0.3 is 26.8 Å². The van der Waals surface area contributed by atoms with Crippen molar-refractivity contribution in [3.63, 3.8) is 0 Å². The Morgan fingerprint density at radius 3 is 1.76 bits per heavy atom. The zero-order valence-electron chi connectivity index (χ0n) is 20.7. The molecule has 0 saturated heterocycles. The van der Waals surface area contributed by atoms with Crippen molar-refractivity contribution in [1.29, 1.82) is 0 Å². The Hall–Kier alpha value is -2.19. The maximum atomic E-state index is 2.97. The molecule has 170 valence electrons. The quantitative estimate of drug-likeness (QED) is 0.174. The van der Waals surface area contributed by atoms with Gasteiger partial charge < -0.3 is 14.9 Å². The summed E-state index contributed by atoms with van der Waals surface area (Å²) in [6, 6.07) is 32.7. The first-order valence-electron chi connectivity index (χ1n) is 10.7. The molecule has 0 aromatic heterocycles. The molecule has 0 N–H and O–H groups in total. The van der Waals surface area contributed by atoms with E-state index in [4.69, 9.17) is 0 Å². The van der Waals surface area contributed by atoms with Gasteiger partial charge in [0.2, 0.25) is 0 Å². The molecular formula is C31H34SiTi-4. The summed E-state index contributed by atoms with van der Waals surface area (Å²) >= 11 is 1.81. The van der Waals surface area contributed by atoms with Crippen LogP contribution in [0.1, 0.15) is 36.5 Å². The Labute approximate surface area is 214 Å². The van der Waals surface area contributed by atoms with Crippen LogP contribution in [0.4, 0.5) is 0 Å². The van der Waals surface area contributed by atoms with E-state index in [1.165, 1.54) is 49.4 Å². The number of aryl methyl sites for hydroxylation is 2. The Balaban J connectivity index is 0.000000296. The van der Waals surface area contributed by atoms with E-state index in [0.29, 0.717) is 5.92 Å². The fourth-order valence-electron chi connectivity index (χ4n) is 4.17. The molecule has 0 amide bonds. The van der Waals surface area contributed by atoms with Crippen LogP contribution >= 0.6 is 0 Å². The molecule has 0 saturated carbocycles. The third-order valence-corrected chi connectivity index (χ3v) is 5.53. The molecular weight excluding hydrogens is 448 g/mol. The van der Waals surface area contributed by atoms with E-state index in [-0.39, 0.29) is 14.9 Å². The van der Waals surface area contributed by atoms with Crippen LogP contribution < -0.4 is 0 Å². The molecule has 5 aromatic carbocycles. The molecule has 0 unspecified atom stereocenters. The summed E-state index contributed by atoms with van der Waals surface area (Å²) in [4.78, 5) is 0. The van der Waals surface area contributed by atoms with Gasteiger partial charge in [-0.1, -0.05) is 81.3 Å². The first kappa shape index (κ1) is 28.8. The fraction of sp³-hybridized carbons (Fsp3) is 0.161. The van der Waals surface area contributed by atoms with E-state index >= 15 is 0 Å². The van der Waals surface area contributed by atoms with E-state index in [0.717, 1.165) is 0 Å². The Morgan fingerprint density at radius 2 is 1.18 bits per heavy atom. The van der Waals surface area contributed by atoms with Crippen LogP contribution in [0, 0.1) is 28.7 Å². The molecule has 0 aliphatic heterocycles. The predicted octanol–water partition coefficient (Wildman–Crippen LogP) is 9.04. The number of hydrogen-bond donors (Lipinski definition) is 0.